The van der Waals surface area contributed by atoms with E-state index >= 15 is 0 Å². The first-order valence-corrected chi connectivity index (χ1v) is 7.26. The zero-order valence-electron chi connectivity index (χ0n) is 12.6. The van der Waals surface area contributed by atoms with Crippen LogP contribution in [0.5, 0.6) is 0 Å². The number of amides is 1. The second kappa shape index (κ2) is 6.13. The molecular formula is C13H19F3N4O2. The van der Waals surface area contributed by atoms with Gasteiger partial charge in [0.25, 0.3) is 0 Å². The van der Waals surface area contributed by atoms with E-state index < -0.39 is 23.7 Å². The largest absolute Gasteiger partial charge is 0.451 e. The third-order valence-electron chi connectivity index (χ3n) is 3.88. The fourth-order valence-corrected chi connectivity index (χ4v) is 2.67. The van der Waals surface area contributed by atoms with E-state index in [1.54, 1.807) is 4.90 Å². The molecule has 1 amide bonds. The monoisotopic (exact) mass is 320 g/mol. The van der Waals surface area contributed by atoms with Crippen LogP contribution in [0.1, 0.15) is 44.5 Å². The van der Waals surface area contributed by atoms with E-state index in [0.717, 1.165) is 18.2 Å². The van der Waals surface area contributed by atoms with Gasteiger partial charge < -0.3 is 4.90 Å². The second-order valence-corrected chi connectivity index (χ2v) is 5.47. The topological polar surface area (TPSA) is 60.1 Å². The minimum Gasteiger partial charge on any atom is -0.343 e. The zero-order valence-corrected chi connectivity index (χ0v) is 12.6. The standard InChI is InChI=1S/C13H19F3N4O2/c1-3-4-10(21)19-7-5-9(6-8-19)20-12(22)18(2)11(17-20)13(14,15)16/h9H,3-8H2,1-2H3. The van der Waals surface area contributed by atoms with Crippen LogP contribution in [0.25, 0.3) is 0 Å². The van der Waals surface area contributed by atoms with Crippen molar-refractivity contribution in [1.29, 1.82) is 0 Å². The van der Waals surface area contributed by atoms with Gasteiger partial charge in [-0.05, 0) is 19.3 Å². The summed E-state index contributed by atoms with van der Waals surface area (Å²) in [6, 6.07) is -0.402. The maximum Gasteiger partial charge on any atom is 0.451 e. The Morgan fingerprint density at radius 3 is 2.36 bits per heavy atom. The molecule has 1 aromatic rings. The summed E-state index contributed by atoms with van der Waals surface area (Å²) in [7, 11) is 1.06. The van der Waals surface area contributed by atoms with Gasteiger partial charge in [-0.3, -0.25) is 9.36 Å². The zero-order chi connectivity index (χ0) is 16.5. The summed E-state index contributed by atoms with van der Waals surface area (Å²) in [4.78, 5) is 25.4. The Balaban J connectivity index is 2.12. The number of hydrogen-bond acceptors (Lipinski definition) is 3. The Bertz CT molecular complexity index is 597. The molecular weight excluding hydrogens is 301 g/mol. The first-order valence-electron chi connectivity index (χ1n) is 7.26. The molecule has 2 rings (SSSR count). The van der Waals surface area contributed by atoms with E-state index in [4.69, 9.17) is 0 Å². The summed E-state index contributed by atoms with van der Waals surface area (Å²) in [5, 5.41) is 3.45. The lowest BCUT2D eigenvalue weighted by Crippen LogP contribution is -2.41. The van der Waals surface area contributed by atoms with Gasteiger partial charge in [-0.25, -0.2) is 9.48 Å². The molecule has 0 atom stereocenters. The van der Waals surface area contributed by atoms with Crippen molar-refractivity contribution >= 4 is 5.91 Å². The number of alkyl halides is 3. The van der Waals surface area contributed by atoms with E-state index in [0.29, 0.717) is 36.9 Å². The maximum atomic E-state index is 12.8. The number of likely N-dealkylation sites (tertiary alicyclic amines) is 1. The van der Waals surface area contributed by atoms with Gasteiger partial charge in [0.15, 0.2) is 0 Å². The van der Waals surface area contributed by atoms with Crippen LogP contribution in [-0.4, -0.2) is 38.2 Å². The first kappa shape index (κ1) is 16.6. The van der Waals surface area contributed by atoms with Crippen molar-refractivity contribution in [3.8, 4) is 0 Å². The number of rotatable bonds is 3. The molecule has 1 aliphatic rings. The molecule has 0 unspecified atom stereocenters. The lowest BCUT2D eigenvalue weighted by Gasteiger charge is -2.31. The van der Waals surface area contributed by atoms with Gasteiger partial charge in [-0.15, -0.1) is 5.10 Å². The van der Waals surface area contributed by atoms with E-state index in [-0.39, 0.29) is 5.91 Å². The predicted octanol–water partition coefficient (Wildman–Crippen LogP) is 1.56. The minimum absolute atomic E-state index is 0.0466. The number of piperidine rings is 1. The van der Waals surface area contributed by atoms with Gasteiger partial charge in [0, 0.05) is 26.6 Å². The molecule has 0 aliphatic carbocycles. The molecule has 2 heterocycles. The molecule has 0 N–H and O–H groups in total. The summed E-state index contributed by atoms with van der Waals surface area (Å²) < 4.78 is 39.8. The average molecular weight is 320 g/mol. The normalized spacial score (nSPS) is 17.0. The summed E-state index contributed by atoms with van der Waals surface area (Å²) in [6.45, 7) is 2.79. The lowest BCUT2D eigenvalue weighted by molar-refractivity contribution is -0.147. The highest BCUT2D eigenvalue weighted by Gasteiger charge is 2.39. The number of halogens is 3. The van der Waals surface area contributed by atoms with E-state index in [9.17, 15) is 22.8 Å². The molecule has 0 saturated carbocycles. The number of nitrogens with zero attached hydrogens (tertiary/aromatic N) is 4. The van der Waals surface area contributed by atoms with Crippen LogP contribution < -0.4 is 5.69 Å². The van der Waals surface area contributed by atoms with Gasteiger partial charge >= 0.3 is 11.9 Å². The number of carbonyl (C=O) groups excluding carboxylic acids is 1. The van der Waals surface area contributed by atoms with E-state index in [2.05, 4.69) is 5.10 Å². The number of carbonyl (C=O) groups is 1. The molecule has 1 saturated heterocycles. The van der Waals surface area contributed by atoms with Crippen molar-refractivity contribution in [1.82, 2.24) is 19.2 Å². The molecule has 9 heteroatoms. The van der Waals surface area contributed by atoms with Crippen LogP contribution >= 0.6 is 0 Å². The van der Waals surface area contributed by atoms with Crippen LogP contribution in [0.15, 0.2) is 4.79 Å². The maximum absolute atomic E-state index is 12.8. The summed E-state index contributed by atoms with van der Waals surface area (Å²) >= 11 is 0. The summed E-state index contributed by atoms with van der Waals surface area (Å²) in [5.74, 6) is -1.15. The number of aromatic nitrogens is 3. The fourth-order valence-electron chi connectivity index (χ4n) is 2.67. The van der Waals surface area contributed by atoms with Crippen molar-refractivity contribution in [3.05, 3.63) is 16.3 Å². The molecule has 124 valence electrons. The Labute approximate surface area is 125 Å². The van der Waals surface area contributed by atoms with Gasteiger partial charge in [-0.1, -0.05) is 6.92 Å². The molecule has 22 heavy (non-hydrogen) atoms. The molecule has 1 fully saturated rings. The molecule has 0 radical (unpaired) electrons. The molecule has 0 aromatic carbocycles. The highest BCUT2D eigenvalue weighted by Crippen LogP contribution is 2.28. The van der Waals surface area contributed by atoms with Crippen LogP contribution in [-0.2, 0) is 18.0 Å². The average Bonchev–Trinajstić information content (AvgIpc) is 2.76. The van der Waals surface area contributed by atoms with Crippen molar-refractivity contribution in [2.75, 3.05) is 13.1 Å². The second-order valence-electron chi connectivity index (χ2n) is 5.47. The Morgan fingerprint density at radius 2 is 1.91 bits per heavy atom. The third kappa shape index (κ3) is 3.17. The quantitative estimate of drug-likeness (QED) is 0.849. The van der Waals surface area contributed by atoms with Crippen molar-refractivity contribution in [3.63, 3.8) is 0 Å². The fraction of sp³-hybridized carbons (Fsp3) is 0.769. The first-order chi connectivity index (χ1) is 10.3. The van der Waals surface area contributed by atoms with Gasteiger partial charge in [0.05, 0.1) is 6.04 Å². The molecule has 1 aromatic heterocycles. The molecule has 6 nitrogen and oxygen atoms in total. The van der Waals surface area contributed by atoms with Gasteiger partial charge in [-0.2, -0.15) is 13.2 Å². The van der Waals surface area contributed by atoms with E-state index in [1.165, 1.54) is 0 Å². The van der Waals surface area contributed by atoms with Crippen molar-refractivity contribution in [2.24, 2.45) is 7.05 Å². The van der Waals surface area contributed by atoms with Crippen molar-refractivity contribution < 1.29 is 18.0 Å². The van der Waals surface area contributed by atoms with Crippen LogP contribution in [0.3, 0.4) is 0 Å². The smallest absolute Gasteiger partial charge is 0.343 e. The minimum atomic E-state index is -4.66. The van der Waals surface area contributed by atoms with Crippen LogP contribution in [0, 0.1) is 0 Å². The lowest BCUT2D eigenvalue weighted by atomic mass is 10.0. The Morgan fingerprint density at radius 1 is 1.32 bits per heavy atom. The molecule has 1 aliphatic heterocycles. The predicted molar refractivity (Wildman–Crippen MR) is 72.2 cm³/mol. The molecule has 0 bridgehead atoms. The highest BCUT2D eigenvalue weighted by molar-refractivity contribution is 5.76. The highest BCUT2D eigenvalue weighted by atomic mass is 19.4. The summed E-state index contributed by atoms with van der Waals surface area (Å²) in [5.41, 5.74) is -0.773. The Hall–Kier alpha value is -1.80. The van der Waals surface area contributed by atoms with E-state index in [1.807, 2.05) is 6.92 Å². The van der Waals surface area contributed by atoms with Crippen LogP contribution in [0.2, 0.25) is 0 Å². The van der Waals surface area contributed by atoms with Gasteiger partial charge in [0.2, 0.25) is 11.7 Å². The summed E-state index contributed by atoms with van der Waals surface area (Å²) in [6.07, 6.45) is -2.57. The van der Waals surface area contributed by atoms with Crippen LogP contribution in [0.4, 0.5) is 13.2 Å². The third-order valence-corrected chi connectivity index (χ3v) is 3.88. The SMILES string of the molecule is CCCC(=O)N1CCC(n2nc(C(F)(F)F)n(C)c2=O)CC1. The van der Waals surface area contributed by atoms with Gasteiger partial charge in [0.1, 0.15) is 0 Å². The number of hydrogen-bond donors (Lipinski definition) is 0. The molecule has 0 spiro atoms. The Kier molecular flexibility index (Phi) is 4.62. The van der Waals surface area contributed by atoms with Crippen molar-refractivity contribution in [2.45, 2.75) is 44.8 Å².